The molecule has 1 N–H and O–H groups in total. The van der Waals surface area contributed by atoms with E-state index < -0.39 is 0 Å². The van der Waals surface area contributed by atoms with Gasteiger partial charge in [-0.05, 0) is 69.2 Å². The fraction of sp³-hybridized carbons (Fsp3) is 0.429. The number of thiophene rings is 1. The van der Waals surface area contributed by atoms with Crippen molar-refractivity contribution in [2.45, 2.75) is 58.5 Å². The van der Waals surface area contributed by atoms with E-state index in [9.17, 15) is 10.1 Å². The number of nitrogens with one attached hydrogen (secondary N) is 1. The molecular formula is C21H24N2O2S. The lowest BCUT2D eigenvalue weighted by molar-refractivity contribution is -0.116. The second-order valence-electron chi connectivity index (χ2n) is 6.82. The molecule has 3 rings (SSSR count). The van der Waals surface area contributed by atoms with Gasteiger partial charge in [-0.15, -0.1) is 11.3 Å². The maximum absolute atomic E-state index is 12.3. The lowest BCUT2D eigenvalue weighted by atomic mass is 10.1. The molecule has 0 unspecified atom stereocenters. The number of hydrogen-bond donors (Lipinski definition) is 1. The average molecular weight is 369 g/mol. The number of anilines is 1. The Bertz CT molecular complexity index is 829. The van der Waals surface area contributed by atoms with Crippen LogP contribution in [0.1, 0.15) is 53.7 Å². The molecule has 136 valence electrons. The van der Waals surface area contributed by atoms with Gasteiger partial charge < -0.3 is 10.1 Å². The fourth-order valence-electron chi connectivity index (χ4n) is 3.27. The number of nitrogens with zero attached hydrogens (tertiary/aromatic N) is 1. The highest BCUT2D eigenvalue weighted by atomic mass is 32.1. The Morgan fingerprint density at radius 2 is 2.12 bits per heavy atom. The van der Waals surface area contributed by atoms with Crippen molar-refractivity contribution in [3.63, 3.8) is 0 Å². The molecule has 4 nitrogen and oxygen atoms in total. The Kier molecular flexibility index (Phi) is 5.95. The van der Waals surface area contributed by atoms with Crippen LogP contribution >= 0.6 is 11.3 Å². The van der Waals surface area contributed by atoms with Crippen molar-refractivity contribution in [1.82, 2.24) is 0 Å². The van der Waals surface area contributed by atoms with Crippen LogP contribution in [0.4, 0.5) is 5.00 Å². The Labute approximate surface area is 158 Å². The van der Waals surface area contributed by atoms with E-state index in [1.54, 1.807) is 0 Å². The molecule has 1 heterocycles. The van der Waals surface area contributed by atoms with E-state index in [1.165, 1.54) is 24.2 Å². The van der Waals surface area contributed by atoms with E-state index in [0.29, 0.717) is 29.5 Å². The van der Waals surface area contributed by atoms with Crippen LogP contribution in [0.3, 0.4) is 0 Å². The predicted molar refractivity (Wildman–Crippen MR) is 105 cm³/mol. The third-order valence-corrected chi connectivity index (χ3v) is 6.02. The third kappa shape index (κ3) is 4.44. The summed E-state index contributed by atoms with van der Waals surface area (Å²) in [5.41, 5.74) is 2.62. The molecule has 0 aliphatic heterocycles. The smallest absolute Gasteiger partial charge is 0.225 e. The van der Waals surface area contributed by atoms with Gasteiger partial charge in [0.15, 0.2) is 0 Å². The van der Waals surface area contributed by atoms with Crippen LogP contribution in [0.5, 0.6) is 5.75 Å². The number of rotatable bonds is 6. The second kappa shape index (κ2) is 8.37. The first-order valence-electron chi connectivity index (χ1n) is 9.12. The number of carbonyl (C=O) groups excluding carboxylic acids is 1. The molecule has 2 aromatic rings. The van der Waals surface area contributed by atoms with Gasteiger partial charge in [-0.25, -0.2) is 0 Å². The number of carbonyl (C=O) groups is 1. The summed E-state index contributed by atoms with van der Waals surface area (Å²) >= 11 is 1.46. The normalized spacial score (nSPS) is 14.2. The number of benzene rings is 1. The van der Waals surface area contributed by atoms with Gasteiger partial charge in [-0.2, -0.15) is 5.26 Å². The number of ether oxygens (including phenoxy) is 1. The molecule has 1 aromatic heterocycles. The zero-order valence-corrected chi connectivity index (χ0v) is 16.1. The number of aryl methyl sites for hydroxylation is 2. The Morgan fingerprint density at radius 3 is 2.85 bits per heavy atom. The van der Waals surface area contributed by atoms with Crippen molar-refractivity contribution in [3.05, 3.63) is 45.8 Å². The molecule has 5 heteroatoms. The first kappa shape index (κ1) is 18.5. The zero-order valence-electron chi connectivity index (χ0n) is 15.3. The van der Waals surface area contributed by atoms with Gasteiger partial charge in [0.05, 0.1) is 11.7 Å². The van der Waals surface area contributed by atoms with Crippen molar-refractivity contribution in [1.29, 1.82) is 5.26 Å². The van der Waals surface area contributed by atoms with E-state index in [4.69, 9.17) is 4.74 Å². The van der Waals surface area contributed by atoms with Crippen LogP contribution < -0.4 is 10.1 Å². The van der Waals surface area contributed by atoms with Crippen LogP contribution in [0.25, 0.3) is 0 Å². The topological polar surface area (TPSA) is 62.1 Å². The molecular weight excluding hydrogens is 344 g/mol. The zero-order chi connectivity index (χ0) is 18.5. The summed E-state index contributed by atoms with van der Waals surface area (Å²) in [6.45, 7) is 3.88. The summed E-state index contributed by atoms with van der Waals surface area (Å²) in [4.78, 5) is 13.4. The van der Waals surface area contributed by atoms with E-state index in [2.05, 4.69) is 11.4 Å². The minimum Gasteiger partial charge on any atom is -0.490 e. The van der Waals surface area contributed by atoms with Gasteiger partial charge in [0.25, 0.3) is 0 Å². The minimum atomic E-state index is -0.0649. The van der Waals surface area contributed by atoms with Crippen LogP contribution in [-0.4, -0.2) is 12.0 Å². The van der Waals surface area contributed by atoms with Gasteiger partial charge in [-0.3, -0.25) is 4.79 Å². The van der Waals surface area contributed by atoms with Gasteiger partial charge in [-0.1, -0.05) is 12.1 Å². The van der Waals surface area contributed by atoms with Gasteiger partial charge in [0.1, 0.15) is 16.8 Å². The fourth-order valence-corrected chi connectivity index (χ4v) is 4.30. The second-order valence-corrected chi connectivity index (χ2v) is 8.04. The lowest BCUT2D eigenvalue weighted by Crippen LogP contribution is -2.13. The molecule has 0 spiro atoms. The summed E-state index contributed by atoms with van der Waals surface area (Å²) in [5.74, 6) is 0.830. The molecule has 0 atom stereocenters. The Hall–Kier alpha value is -2.32. The van der Waals surface area contributed by atoms with Crippen molar-refractivity contribution in [2.24, 2.45) is 0 Å². The molecule has 1 fully saturated rings. The van der Waals surface area contributed by atoms with Crippen molar-refractivity contribution in [3.8, 4) is 11.8 Å². The number of nitriles is 1. The molecule has 1 aromatic carbocycles. The first-order valence-corrected chi connectivity index (χ1v) is 9.94. The molecule has 1 aliphatic carbocycles. The number of hydrogen-bond acceptors (Lipinski definition) is 4. The predicted octanol–water partition coefficient (Wildman–Crippen LogP) is 5.13. The summed E-state index contributed by atoms with van der Waals surface area (Å²) < 4.78 is 6.03. The molecule has 1 aliphatic rings. The maximum Gasteiger partial charge on any atom is 0.225 e. The van der Waals surface area contributed by atoms with Gasteiger partial charge >= 0.3 is 0 Å². The standard InChI is InChI=1S/C21H24N2O2S/c1-14-15(2)26-21(19(14)13-22)23-20(24)11-10-16-6-5-9-18(12-16)25-17-7-3-4-8-17/h5-6,9,12,17H,3-4,7-8,10-11H2,1-2H3,(H,23,24). The van der Waals surface area contributed by atoms with Crippen LogP contribution in [-0.2, 0) is 11.2 Å². The maximum atomic E-state index is 12.3. The molecule has 1 saturated carbocycles. The molecule has 0 radical (unpaired) electrons. The Balaban J connectivity index is 1.56. The van der Waals surface area contributed by atoms with Gasteiger partial charge in [0.2, 0.25) is 5.91 Å². The first-order chi connectivity index (χ1) is 12.6. The van der Waals surface area contributed by atoms with Crippen LogP contribution in [0.2, 0.25) is 0 Å². The summed E-state index contributed by atoms with van der Waals surface area (Å²) in [6, 6.07) is 10.2. The highest BCUT2D eigenvalue weighted by Crippen LogP contribution is 2.31. The molecule has 0 bridgehead atoms. The van der Waals surface area contributed by atoms with Gasteiger partial charge in [0, 0.05) is 11.3 Å². The van der Waals surface area contributed by atoms with Crippen molar-refractivity contribution >= 4 is 22.2 Å². The quantitative estimate of drug-likeness (QED) is 0.769. The summed E-state index contributed by atoms with van der Waals surface area (Å²) in [5, 5.41) is 12.8. The highest BCUT2D eigenvalue weighted by molar-refractivity contribution is 7.16. The third-order valence-electron chi connectivity index (χ3n) is 4.89. The van der Waals surface area contributed by atoms with Crippen LogP contribution in [0, 0.1) is 25.2 Å². The largest absolute Gasteiger partial charge is 0.490 e. The average Bonchev–Trinajstić information content (AvgIpc) is 3.22. The highest BCUT2D eigenvalue weighted by Gasteiger charge is 2.17. The van der Waals surface area contributed by atoms with Crippen molar-refractivity contribution in [2.75, 3.05) is 5.32 Å². The Morgan fingerprint density at radius 1 is 1.35 bits per heavy atom. The SMILES string of the molecule is Cc1sc(NC(=O)CCc2cccc(OC3CCCC3)c2)c(C#N)c1C. The molecule has 26 heavy (non-hydrogen) atoms. The lowest BCUT2D eigenvalue weighted by Gasteiger charge is -2.13. The number of amides is 1. The summed E-state index contributed by atoms with van der Waals surface area (Å²) in [6.07, 6.45) is 6.13. The van der Waals surface area contributed by atoms with E-state index in [1.807, 2.05) is 38.1 Å². The summed E-state index contributed by atoms with van der Waals surface area (Å²) in [7, 11) is 0. The van der Waals surface area contributed by atoms with Crippen LogP contribution in [0.15, 0.2) is 24.3 Å². The monoisotopic (exact) mass is 368 g/mol. The molecule has 1 amide bonds. The van der Waals surface area contributed by atoms with E-state index in [-0.39, 0.29) is 5.91 Å². The van der Waals surface area contributed by atoms with E-state index >= 15 is 0 Å². The van der Waals surface area contributed by atoms with Crippen molar-refractivity contribution < 1.29 is 9.53 Å². The minimum absolute atomic E-state index is 0.0649. The molecule has 0 saturated heterocycles. The van der Waals surface area contributed by atoms with E-state index in [0.717, 1.165) is 34.6 Å².